The second-order valence-electron chi connectivity index (χ2n) is 6.92. The fourth-order valence-corrected chi connectivity index (χ4v) is 4.10. The molecule has 156 valence electrons. The molecule has 0 aliphatic carbocycles. The fourth-order valence-electron chi connectivity index (χ4n) is 2.98. The predicted molar refractivity (Wildman–Crippen MR) is 110 cm³/mol. The monoisotopic (exact) mass is 434 g/mol. The molecule has 9 heteroatoms. The number of carbonyl (C=O) groups is 1. The van der Waals surface area contributed by atoms with Crippen LogP contribution in [0.15, 0.2) is 52.4 Å². The highest BCUT2D eigenvalue weighted by Gasteiger charge is 2.37. The van der Waals surface area contributed by atoms with Crippen LogP contribution in [0.5, 0.6) is 11.5 Å². The summed E-state index contributed by atoms with van der Waals surface area (Å²) in [6.07, 6.45) is -2.84. The summed E-state index contributed by atoms with van der Waals surface area (Å²) in [5.41, 5.74) is 0.00981. The van der Waals surface area contributed by atoms with Crippen LogP contribution in [0.3, 0.4) is 0 Å². The largest absolute Gasteiger partial charge is 0.454 e. The Balaban J connectivity index is 1.72. The second kappa shape index (κ2) is 7.71. The van der Waals surface area contributed by atoms with Gasteiger partial charge in [-0.15, -0.1) is 0 Å². The summed E-state index contributed by atoms with van der Waals surface area (Å²) in [5.74, 6) is 0.761. The van der Waals surface area contributed by atoms with Crippen LogP contribution in [0.2, 0.25) is 0 Å². The number of nitrogens with zero attached hydrogens (tertiary/aromatic N) is 2. The van der Waals surface area contributed by atoms with E-state index in [2.05, 4.69) is 4.99 Å². The minimum atomic E-state index is -4.51. The van der Waals surface area contributed by atoms with Gasteiger partial charge in [0.15, 0.2) is 16.7 Å². The molecule has 4 rings (SSSR count). The maximum Gasteiger partial charge on any atom is 0.416 e. The molecule has 5 nitrogen and oxygen atoms in total. The molecule has 1 saturated heterocycles. The van der Waals surface area contributed by atoms with E-state index in [-0.39, 0.29) is 18.5 Å². The minimum absolute atomic E-state index is 0.121. The van der Waals surface area contributed by atoms with Gasteiger partial charge in [0.05, 0.1) is 16.2 Å². The number of anilines is 1. The Bertz CT molecular complexity index is 1060. The molecule has 0 bridgehead atoms. The first-order valence-electron chi connectivity index (χ1n) is 9.11. The molecule has 0 radical (unpaired) electrons. The van der Waals surface area contributed by atoms with Crippen molar-refractivity contribution in [3.8, 4) is 11.5 Å². The van der Waals surface area contributed by atoms with Crippen LogP contribution in [0.1, 0.15) is 25.0 Å². The molecule has 0 N–H and O–H groups in total. The van der Waals surface area contributed by atoms with Crippen molar-refractivity contribution in [3.63, 3.8) is 0 Å². The highest BCUT2D eigenvalue weighted by molar-refractivity contribution is 8.19. The van der Waals surface area contributed by atoms with E-state index in [1.807, 2.05) is 13.8 Å². The van der Waals surface area contributed by atoms with E-state index in [4.69, 9.17) is 9.47 Å². The number of hydrogen-bond acceptors (Lipinski definition) is 5. The standard InChI is InChI=1S/C21H17F3N2O3S/c1-12(2)25-20-26(15-5-3-4-14(10-15)21(22,23)24)19(27)18(30-20)9-13-6-7-16-17(8-13)29-11-28-16/h3-10,12H,11H2,1-2H3/b18-9-,25-20?. The first-order chi connectivity index (χ1) is 14.2. The number of carbonyl (C=O) groups excluding carboxylic acids is 1. The zero-order chi connectivity index (χ0) is 21.5. The molecule has 0 unspecified atom stereocenters. The SMILES string of the molecule is CC(C)N=C1S/C(=C\c2ccc3c(c2)OCO3)C(=O)N1c1cccc(C(F)(F)F)c1. The molecular formula is C21H17F3N2O3S. The van der Waals surface area contributed by atoms with Crippen LogP contribution in [-0.4, -0.2) is 23.9 Å². The summed E-state index contributed by atoms with van der Waals surface area (Å²) < 4.78 is 50.1. The number of ether oxygens (including phenoxy) is 2. The Kier molecular flexibility index (Phi) is 5.23. The van der Waals surface area contributed by atoms with Crippen molar-refractivity contribution < 1.29 is 27.4 Å². The van der Waals surface area contributed by atoms with Gasteiger partial charge in [0.2, 0.25) is 6.79 Å². The van der Waals surface area contributed by atoms with Gasteiger partial charge in [-0.05, 0) is 67.6 Å². The molecule has 30 heavy (non-hydrogen) atoms. The molecule has 0 saturated carbocycles. The molecule has 2 aliphatic heterocycles. The van der Waals surface area contributed by atoms with Gasteiger partial charge in [0, 0.05) is 6.04 Å². The molecule has 1 fully saturated rings. The zero-order valence-corrected chi connectivity index (χ0v) is 16.9. The summed E-state index contributed by atoms with van der Waals surface area (Å²) in [6.45, 7) is 3.81. The third-order valence-electron chi connectivity index (χ3n) is 4.30. The van der Waals surface area contributed by atoms with Gasteiger partial charge in [-0.1, -0.05) is 12.1 Å². The lowest BCUT2D eigenvalue weighted by molar-refractivity contribution is -0.137. The van der Waals surface area contributed by atoms with Gasteiger partial charge >= 0.3 is 6.18 Å². The summed E-state index contributed by atoms with van der Waals surface area (Å²) in [4.78, 5) is 19.1. The lowest BCUT2D eigenvalue weighted by atomic mass is 10.1. The summed E-state index contributed by atoms with van der Waals surface area (Å²) in [7, 11) is 0. The summed E-state index contributed by atoms with van der Waals surface area (Å²) in [6, 6.07) is 9.80. The Morgan fingerprint density at radius 1 is 1.13 bits per heavy atom. The Hall–Kier alpha value is -2.94. The summed E-state index contributed by atoms with van der Waals surface area (Å²) >= 11 is 1.13. The molecule has 0 aromatic heterocycles. The number of alkyl halides is 3. The van der Waals surface area contributed by atoms with Crippen LogP contribution >= 0.6 is 11.8 Å². The van der Waals surface area contributed by atoms with Crippen LogP contribution in [-0.2, 0) is 11.0 Å². The molecule has 2 aromatic carbocycles. The van der Waals surface area contributed by atoms with E-state index in [9.17, 15) is 18.0 Å². The average molecular weight is 434 g/mol. The molecule has 2 aromatic rings. The number of amides is 1. The Labute approximate surface area is 175 Å². The molecule has 2 aliphatic rings. The van der Waals surface area contributed by atoms with Crippen LogP contribution in [0.4, 0.5) is 18.9 Å². The normalized spacial score (nSPS) is 18.9. The van der Waals surface area contributed by atoms with E-state index in [1.54, 1.807) is 24.3 Å². The van der Waals surface area contributed by atoms with Gasteiger partial charge in [0.1, 0.15) is 0 Å². The lowest BCUT2D eigenvalue weighted by Gasteiger charge is -2.18. The van der Waals surface area contributed by atoms with Crippen molar-refractivity contribution >= 4 is 34.6 Å². The van der Waals surface area contributed by atoms with Gasteiger partial charge < -0.3 is 9.47 Å². The van der Waals surface area contributed by atoms with Crippen molar-refractivity contribution in [1.82, 2.24) is 0 Å². The minimum Gasteiger partial charge on any atom is -0.454 e. The topological polar surface area (TPSA) is 51.1 Å². The van der Waals surface area contributed by atoms with Crippen LogP contribution < -0.4 is 14.4 Å². The molecule has 0 spiro atoms. The number of thioether (sulfide) groups is 1. The number of hydrogen-bond donors (Lipinski definition) is 0. The van der Waals surface area contributed by atoms with Gasteiger partial charge in [-0.3, -0.25) is 14.7 Å². The fraction of sp³-hybridized carbons (Fsp3) is 0.238. The molecular weight excluding hydrogens is 417 g/mol. The number of aliphatic imine (C=N–C) groups is 1. The van der Waals surface area contributed by atoms with Crippen molar-refractivity contribution in [2.75, 3.05) is 11.7 Å². The molecule has 2 heterocycles. The third-order valence-corrected chi connectivity index (χ3v) is 5.28. The van der Waals surface area contributed by atoms with E-state index in [0.29, 0.717) is 27.1 Å². The third kappa shape index (κ3) is 4.02. The lowest BCUT2D eigenvalue weighted by Crippen LogP contribution is -2.29. The van der Waals surface area contributed by atoms with Crippen molar-refractivity contribution in [2.24, 2.45) is 4.99 Å². The highest BCUT2D eigenvalue weighted by Crippen LogP contribution is 2.40. The van der Waals surface area contributed by atoms with E-state index >= 15 is 0 Å². The van der Waals surface area contributed by atoms with Gasteiger partial charge in [-0.2, -0.15) is 13.2 Å². The van der Waals surface area contributed by atoms with Crippen molar-refractivity contribution in [3.05, 3.63) is 58.5 Å². The first kappa shape index (κ1) is 20.3. The van der Waals surface area contributed by atoms with Crippen molar-refractivity contribution in [2.45, 2.75) is 26.1 Å². The number of halogens is 3. The van der Waals surface area contributed by atoms with Crippen LogP contribution in [0.25, 0.3) is 6.08 Å². The highest BCUT2D eigenvalue weighted by atomic mass is 32.2. The molecule has 1 amide bonds. The van der Waals surface area contributed by atoms with E-state index < -0.39 is 17.6 Å². The molecule has 0 atom stereocenters. The van der Waals surface area contributed by atoms with Crippen LogP contribution in [0, 0.1) is 0 Å². The maximum absolute atomic E-state index is 13.2. The predicted octanol–water partition coefficient (Wildman–Crippen LogP) is 5.32. The van der Waals surface area contributed by atoms with Gasteiger partial charge in [0.25, 0.3) is 5.91 Å². The van der Waals surface area contributed by atoms with E-state index in [0.717, 1.165) is 23.9 Å². The summed E-state index contributed by atoms with van der Waals surface area (Å²) in [5, 5.41) is 0.335. The second-order valence-corrected chi connectivity index (χ2v) is 7.93. The average Bonchev–Trinajstić information content (AvgIpc) is 3.25. The number of fused-ring (bicyclic) bond motifs is 1. The Morgan fingerprint density at radius 3 is 2.63 bits per heavy atom. The zero-order valence-electron chi connectivity index (χ0n) is 16.1. The number of benzene rings is 2. The van der Waals surface area contributed by atoms with Crippen molar-refractivity contribution in [1.29, 1.82) is 0 Å². The number of rotatable bonds is 3. The maximum atomic E-state index is 13.2. The quantitative estimate of drug-likeness (QED) is 0.614. The first-order valence-corrected chi connectivity index (χ1v) is 9.93. The van der Waals surface area contributed by atoms with E-state index in [1.165, 1.54) is 17.0 Å². The Morgan fingerprint density at radius 2 is 1.90 bits per heavy atom. The number of amidine groups is 1. The smallest absolute Gasteiger partial charge is 0.416 e. The van der Waals surface area contributed by atoms with Gasteiger partial charge in [-0.25, -0.2) is 0 Å².